The third-order valence-electron chi connectivity index (χ3n) is 6.04. The highest BCUT2D eigenvalue weighted by molar-refractivity contribution is 7.98. The van der Waals surface area contributed by atoms with Crippen LogP contribution in [0.25, 0.3) is 0 Å². The number of anilines is 2. The lowest BCUT2D eigenvalue weighted by Gasteiger charge is -2.21. The summed E-state index contributed by atoms with van der Waals surface area (Å²) in [6.07, 6.45) is 9.00. The van der Waals surface area contributed by atoms with Crippen LogP contribution < -0.4 is 4.90 Å². The molecule has 1 fully saturated rings. The Labute approximate surface area is 204 Å². The fourth-order valence-electron chi connectivity index (χ4n) is 4.41. The number of nitrogens with zero attached hydrogens (tertiary/aromatic N) is 5. The first-order chi connectivity index (χ1) is 16.1. The predicted octanol–water partition coefficient (Wildman–Crippen LogP) is 6.51. The van der Waals surface area contributed by atoms with Gasteiger partial charge >= 0.3 is 0 Å². The highest BCUT2D eigenvalue weighted by atomic mass is 32.2. The summed E-state index contributed by atoms with van der Waals surface area (Å²) in [6.45, 7) is 8.34. The molecule has 33 heavy (non-hydrogen) atoms. The van der Waals surface area contributed by atoms with Gasteiger partial charge in [0, 0.05) is 30.5 Å². The summed E-state index contributed by atoms with van der Waals surface area (Å²) in [6, 6.07) is 8.02. The number of amides is 1. The van der Waals surface area contributed by atoms with Crippen LogP contribution in [0.2, 0.25) is 0 Å². The molecule has 0 atom stereocenters. The van der Waals surface area contributed by atoms with Crippen LogP contribution in [0.15, 0.2) is 47.5 Å². The first-order valence-corrected chi connectivity index (χ1v) is 13.5. The Morgan fingerprint density at radius 2 is 2.06 bits per heavy atom. The third kappa shape index (κ3) is 5.38. The Bertz CT molecular complexity index is 1100. The fraction of sp³-hybridized carbons (Fsp3) is 0.440. The standard InChI is InChI=1S/C25H31N5OS2/c1-4-15-29-23(20-12-7-6-8-13-20)27-28-25(29)33-17-21-16-32-24(26-21)30(18(3)31)22-14-10-9-11-19(22)5-2/h4,9-11,14,16,20H,1,5-8,12-13,15,17H2,2-3H3. The lowest BCUT2D eigenvalue weighted by molar-refractivity contribution is -0.115. The molecule has 1 amide bonds. The number of thioether (sulfide) groups is 1. The van der Waals surface area contributed by atoms with Crippen LogP contribution in [-0.2, 0) is 23.5 Å². The number of hydrogen-bond donors (Lipinski definition) is 0. The predicted molar refractivity (Wildman–Crippen MR) is 136 cm³/mol. The maximum absolute atomic E-state index is 12.5. The number of aryl methyl sites for hydroxylation is 1. The van der Waals surface area contributed by atoms with Crippen LogP contribution >= 0.6 is 23.1 Å². The molecule has 0 spiro atoms. The van der Waals surface area contributed by atoms with E-state index in [1.54, 1.807) is 23.6 Å². The molecule has 1 aliphatic carbocycles. The van der Waals surface area contributed by atoms with Crippen molar-refractivity contribution in [1.82, 2.24) is 19.7 Å². The first kappa shape index (κ1) is 23.7. The van der Waals surface area contributed by atoms with E-state index in [2.05, 4.69) is 34.3 Å². The van der Waals surface area contributed by atoms with Gasteiger partial charge in [-0.25, -0.2) is 4.98 Å². The minimum absolute atomic E-state index is 0.0349. The summed E-state index contributed by atoms with van der Waals surface area (Å²) in [5.41, 5.74) is 2.98. The van der Waals surface area contributed by atoms with Gasteiger partial charge in [0.05, 0.1) is 11.4 Å². The van der Waals surface area contributed by atoms with Gasteiger partial charge in [-0.05, 0) is 30.9 Å². The van der Waals surface area contributed by atoms with Crippen LogP contribution in [0.3, 0.4) is 0 Å². The van der Waals surface area contributed by atoms with E-state index < -0.39 is 0 Å². The number of para-hydroxylation sites is 1. The molecule has 0 radical (unpaired) electrons. The minimum Gasteiger partial charge on any atom is -0.302 e. The molecule has 0 bridgehead atoms. The molecule has 2 aromatic heterocycles. The average molecular weight is 482 g/mol. The SMILES string of the molecule is C=CCn1c(SCc2csc(N(C(C)=O)c3ccccc3CC)n2)nnc1C1CCCCC1. The van der Waals surface area contributed by atoms with Crippen LogP contribution in [0.4, 0.5) is 10.8 Å². The largest absolute Gasteiger partial charge is 0.302 e. The molecule has 3 aromatic rings. The van der Waals surface area contributed by atoms with Crippen LogP contribution in [0.5, 0.6) is 0 Å². The Balaban J connectivity index is 1.51. The molecule has 0 saturated heterocycles. The number of aromatic nitrogens is 4. The quantitative estimate of drug-likeness (QED) is 0.258. The van der Waals surface area contributed by atoms with E-state index in [1.807, 2.05) is 29.7 Å². The molecule has 174 valence electrons. The lowest BCUT2D eigenvalue weighted by Crippen LogP contribution is -2.23. The summed E-state index contributed by atoms with van der Waals surface area (Å²) in [7, 11) is 0. The maximum atomic E-state index is 12.5. The zero-order valence-electron chi connectivity index (χ0n) is 19.4. The molecular formula is C25H31N5OS2. The van der Waals surface area contributed by atoms with Gasteiger partial charge in [-0.3, -0.25) is 9.69 Å². The monoisotopic (exact) mass is 481 g/mol. The molecule has 0 N–H and O–H groups in total. The number of carbonyl (C=O) groups is 1. The molecular weight excluding hydrogens is 450 g/mol. The molecule has 0 unspecified atom stereocenters. The zero-order valence-corrected chi connectivity index (χ0v) is 21.0. The van der Waals surface area contributed by atoms with Crippen molar-refractivity contribution in [3.63, 3.8) is 0 Å². The number of thiazole rings is 1. The van der Waals surface area contributed by atoms with Crippen molar-refractivity contribution in [3.05, 3.63) is 59.4 Å². The molecule has 0 aliphatic heterocycles. The van der Waals surface area contributed by atoms with Crippen molar-refractivity contribution in [2.24, 2.45) is 0 Å². The summed E-state index contributed by atoms with van der Waals surface area (Å²) < 4.78 is 2.21. The molecule has 1 aromatic carbocycles. The second kappa shape index (κ2) is 11.1. The first-order valence-electron chi connectivity index (χ1n) is 11.6. The average Bonchev–Trinajstić information content (AvgIpc) is 3.46. The molecule has 8 heteroatoms. The lowest BCUT2D eigenvalue weighted by atomic mass is 9.89. The van der Waals surface area contributed by atoms with E-state index in [9.17, 15) is 4.79 Å². The Morgan fingerprint density at radius 3 is 2.79 bits per heavy atom. The number of allylic oxidation sites excluding steroid dienone is 1. The topological polar surface area (TPSA) is 63.9 Å². The van der Waals surface area contributed by atoms with Gasteiger partial charge in [-0.1, -0.05) is 62.2 Å². The number of benzene rings is 1. The van der Waals surface area contributed by atoms with E-state index in [4.69, 9.17) is 4.98 Å². The van der Waals surface area contributed by atoms with E-state index in [1.165, 1.54) is 43.4 Å². The van der Waals surface area contributed by atoms with Crippen molar-refractivity contribution in [3.8, 4) is 0 Å². The highest BCUT2D eigenvalue weighted by Gasteiger charge is 2.24. The minimum atomic E-state index is -0.0349. The van der Waals surface area contributed by atoms with Crippen molar-refractivity contribution in [2.45, 2.75) is 75.7 Å². The fourth-order valence-corrected chi connectivity index (χ4v) is 6.24. The molecule has 1 saturated carbocycles. The summed E-state index contributed by atoms with van der Waals surface area (Å²) in [5.74, 6) is 2.23. The summed E-state index contributed by atoms with van der Waals surface area (Å²) in [4.78, 5) is 19.0. The molecule has 1 aliphatic rings. The van der Waals surface area contributed by atoms with Crippen LogP contribution in [-0.4, -0.2) is 25.7 Å². The third-order valence-corrected chi connectivity index (χ3v) is 7.91. The Kier molecular flexibility index (Phi) is 7.98. The Morgan fingerprint density at radius 1 is 1.27 bits per heavy atom. The van der Waals surface area contributed by atoms with E-state index in [0.29, 0.717) is 16.8 Å². The molecule has 4 rings (SSSR count). The van der Waals surface area contributed by atoms with Gasteiger partial charge in [-0.15, -0.1) is 28.1 Å². The molecule has 2 heterocycles. The van der Waals surface area contributed by atoms with Gasteiger partial charge < -0.3 is 4.57 Å². The van der Waals surface area contributed by atoms with E-state index >= 15 is 0 Å². The maximum Gasteiger partial charge on any atom is 0.230 e. The van der Waals surface area contributed by atoms with Gasteiger partial charge in [0.2, 0.25) is 5.91 Å². The van der Waals surface area contributed by atoms with Crippen LogP contribution in [0.1, 0.15) is 69.0 Å². The van der Waals surface area contributed by atoms with Crippen LogP contribution in [0, 0.1) is 0 Å². The second-order valence-electron chi connectivity index (χ2n) is 8.32. The van der Waals surface area contributed by atoms with Gasteiger partial charge in [0.15, 0.2) is 10.3 Å². The number of rotatable bonds is 9. The Hall–Kier alpha value is -2.45. The van der Waals surface area contributed by atoms with Gasteiger partial charge in [0.25, 0.3) is 0 Å². The summed E-state index contributed by atoms with van der Waals surface area (Å²) in [5, 5.41) is 12.7. The summed E-state index contributed by atoms with van der Waals surface area (Å²) >= 11 is 3.14. The normalized spacial score (nSPS) is 14.4. The number of carbonyl (C=O) groups excluding carboxylic acids is 1. The number of hydrogen-bond acceptors (Lipinski definition) is 6. The van der Waals surface area contributed by atoms with Crippen molar-refractivity contribution in [1.29, 1.82) is 0 Å². The highest BCUT2D eigenvalue weighted by Crippen LogP contribution is 2.35. The van der Waals surface area contributed by atoms with Crippen molar-refractivity contribution >= 4 is 39.8 Å². The zero-order chi connectivity index (χ0) is 23.2. The molecule has 6 nitrogen and oxygen atoms in total. The van der Waals surface area contributed by atoms with Crippen molar-refractivity contribution in [2.75, 3.05) is 4.90 Å². The van der Waals surface area contributed by atoms with Crippen molar-refractivity contribution < 1.29 is 4.79 Å². The smallest absolute Gasteiger partial charge is 0.230 e. The van der Waals surface area contributed by atoms with Gasteiger partial charge in [-0.2, -0.15) is 0 Å². The van der Waals surface area contributed by atoms with E-state index in [-0.39, 0.29) is 5.91 Å². The van der Waals surface area contributed by atoms with E-state index in [0.717, 1.165) is 40.9 Å². The second-order valence-corrected chi connectivity index (χ2v) is 10.1. The van der Waals surface area contributed by atoms with Gasteiger partial charge in [0.1, 0.15) is 5.82 Å².